The first kappa shape index (κ1) is 17.4. The summed E-state index contributed by atoms with van der Waals surface area (Å²) in [6.07, 6.45) is 10.3. The van der Waals surface area contributed by atoms with Crippen LogP contribution in [0.2, 0.25) is 0 Å². The van der Waals surface area contributed by atoms with Crippen molar-refractivity contribution in [3.63, 3.8) is 0 Å². The molecule has 0 unspecified atom stereocenters. The molecule has 0 bridgehead atoms. The zero-order chi connectivity index (χ0) is 18.4. The molecular weight excluding hydrogens is 340 g/mol. The SMILES string of the molecule is Cn1ncc2c(N3C[C@@H](O)[C@H](N4CCCCC4)C3)nc(C3CCCC3)nc21. The van der Waals surface area contributed by atoms with Gasteiger partial charge in [-0.3, -0.25) is 9.58 Å². The largest absolute Gasteiger partial charge is 0.390 e. The third kappa shape index (κ3) is 3.10. The minimum absolute atomic E-state index is 0.210. The predicted octanol–water partition coefficient (Wildman–Crippen LogP) is 2.06. The van der Waals surface area contributed by atoms with Gasteiger partial charge in [0.15, 0.2) is 5.65 Å². The summed E-state index contributed by atoms with van der Waals surface area (Å²) in [5.41, 5.74) is 0.915. The zero-order valence-electron chi connectivity index (χ0n) is 16.2. The number of anilines is 1. The molecule has 2 saturated heterocycles. The summed E-state index contributed by atoms with van der Waals surface area (Å²) in [5, 5.41) is 16.2. The van der Waals surface area contributed by atoms with Gasteiger partial charge < -0.3 is 10.0 Å². The maximum atomic E-state index is 10.8. The molecule has 0 amide bonds. The van der Waals surface area contributed by atoms with Crippen LogP contribution in [0.3, 0.4) is 0 Å². The molecule has 2 aromatic rings. The van der Waals surface area contributed by atoms with Crippen molar-refractivity contribution >= 4 is 16.9 Å². The number of aryl methyl sites for hydroxylation is 1. The Labute approximate surface area is 160 Å². The maximum absolute atomic E-state index is 10.8. The number of rotatable bonds is 3. The molecule has 3 fully saturated rings. The normalized spacial score (nSPS) is 27.9. The molecule has 5 rings (SSSR count). The Morgan fingerprint density at radius 2 is 1.78 bits per heavy atom. The van der Waals surface area contributed by atoms with E-state index in [0.29, 0.717) is 12.5 Å². The molecule has 1 saturated carbocycles. The van der Waals surface area contributed by atoms with Gasteiger partial charge in [0.1, 0.15) is 11.6 Å². The van der Waals surface area contributed by atoms with Crippen molar-refractivity contribution in [2.45, 2.75) is 63.0 Å². The Morgan fingerprint density at radius 1 is 1.00 bits per heavy atom. The molecule has 7 nitrogen and oxygen atoms in total. The topological polar surface area (TPSA) is 70.3 Å². The number of nitrogens with zero attached hydrogens (tertiary/aromatic N) is 6. The average molecular weight is 371 g/mol. The number of likely N-dealkylation sites (tertiary alicyclic amines) is 1. The van der Waals surface area contributed by atoms with Gasteiger partial charge in [-0.15, -0.1) is 0 Å². The summed E-state index contributed by atoms with van der Waals surface area (Å²) in [4.78, 5) is 14.6. The van der Waals surface area contributed by atoms with Crippen molar-refractivity contribution in [1.29, 1.82) is 0 Å². The Bertz CT molecular complexity index is 808. The van der Waals surface area contributed by atoms with Crippen molar-refractivity contribution in [2.24, 2.45) is 7.05 Å². The molecule has 27 heavy (non-hydrogen) atoms. The van der Waals surface area contributed by atoms with Crippen LogP contribution in [0.4, 0.5) is 5.82 Å². The highest BCUT2D eigenvalue weighted by Gasteiger charge is 2.37. The number of piperidine rings is 1. The Morgan fingerprint density at radius 3 is 2.56 bits per heavy atom. The number of β-amino-alcohol motifs (C(OH)–C–C–N with tert-alkyl or cyclic N) is 1. The van der Waals surface area contributed by atoms with Crippen molar-refractivity contribution in [2.75, 3.05) is 31.1 Å². The van der Waals surface area contributed by atoms with Crippen LogP contribution in [-0.2, 0) is 7.05 Å². The lowest BCUT2D eigenvalue weighted by Crippen LogP contribution is -2.45. The molecule has 0 spiro atoms. The molecule has 2 aromatic heterocycles. The number of hydrogen-bond donors (Lipinski definition) is 1. The quantitative estimate of drug-likeness (QED) is 0.892. The highest BCUT2D eigenvalue weighted by molar-refractivity contribution is 5.87. The fourth-order valence-electron chi connectivity index (χ4n) is 5.18. The predicted molar refractivity (Wildman–Crippen MR) is 105 cm³/mol. The van der Waals surface area contributed by atoms with Gasteiger partial charge in [0.05, 0.1) is 23.7 Å². The van der Waals surface area contributed by atoms with Crippen molar-refractivity contribution in [3.8, 4) is 0 Å². The molecule has 7 heteroatoms. The van der Waals surface area contributed by atoms with Crippen LogP contribution in [0.5, 0.6) is 0 Å². The van der Waals surface area contributed by atoms with Crippen LogP contribution in [0.15, 0.2) is 6.20 Å². The van der Waals surface area contributed by atoms with Crippen LogP contribution in [-0.4, -0.2) is 68.1 Å². The highest BCUT2D eigenvalue weighted by Crippen LogP contribution is 2.36. The summed E-state index contributed by atoms with van der Waals surface area (Å²) >= 11 is 0. The molecule has 2 atom stereocenters. The first-order chi connectivity index (χ1) is 13.2. The van der Waals surface area contributed by atoms with E-state index in [1.807, 2.05) is 17.9 Å². The molecule has 1 N–H and O–H groups in total. The fraction of sp³-hybridized carbons (Fsp3) is 0.750. The third-order valence-corrected chi connectivity index (χ3v) is 6.73. The van der Waals surface area contributed by atoms with E-state index in [1.54, 1.807) is 0 Å². The molecule has 1 aliphatic carbocycles. The van der Waals surface area contributed by atoms with Gasteiger partial charge in [-0.05, 0) is 38.8 Å². The summed E-state index contributed by atoms with van der Waals surface area (Å²) in [7, 11) is 1.95. The second-order valence-corrected chi connectivity index (χ2v) is 8.53. The summed E-state index contributed by atoms with van der Waals surface area (Å²) in [5.74, 6) is 2.40. The van der Waals surface area contributed by atoms with E-state index in [4.69, 9.17) is 9.97 Å². The minimum Gasteiger partial charge on any atom is -0.390 e. The molecule has 3 aliphatic rings. The molecule has 4 heterocycles. The number of hydrogen-bond acceptors (Lipinski definition) is 6. The first-order valence-corrected chi connectivity index (χ1v) is 10.6. The Kier molecular flexibility index (Phi) is 4.52. The average Bonchev–Trinajstić information content (AvgIpc) is 3.43. The van der Waals surface area contributed by atoms with Crippen molar-refractivity contribution < 1.29 is 5.11 Å². The standard InChI is InChI=1S/C20H30N6O/c1-24-19-15(11-21-24)20(23-18(22-19)14-7-3-4-8-14)26-12-16(17(27)13-26)25-9-5-2-6-10-25/h11,14,16-17,27H,2-10,12-13H2,1H3/t16-,17-/m1/s1. The van der Waals surface area contributed by atoms with Crippen LogP contribution in [0.1, 0.15) is 56.7 Å². The Hall–Kier alpha value is -1.73. The number of aliphatic hydroxyl groups is 1. The molecular formula is C20H30N6O. The third-order valence-electron chi connectivity index (χ3n) is 6.73. The molecule has 0 aromatic carbocycles. The van der Waals surface area contributed by atoms with E-state index >= 15 is 0 Å². The van der Waals surface area contributed by atoms with Crippen LogP contribution in [0, 0.1) is 0 Å². The lowest BCUT2D eigenvalue weighted by atomic mass is 10.1. The van der Waals surface area contributed by atoms with E-state index in [0.717, 1.165) is 42.3 Å². The second kappa shape index (κ2) is 7.02. The first-order valence-electron chi connectivity index (χ1n) is 10.6. The maximum Gasteiger partial charge on any atom is 0.163 e. The minimum atomic E-state index is -0.320. The number of aromatic nitrogens is 4. The van der Waals surface area contributed by atoms with Gasteiger partial charge in [0, 0.05) is 26.1 Å². The van der Waals surface area contributed by atoms with Crippen LogP contribution in [0.25, 0.3) is 11.0 Å². The van der Waals surface area contributed by atoms with E-state index in [-0.39, 0.29) is 12.1 Å². The van der Waals surface area contributed by atoms with E-state index in [2.05, 4.69) is 14.9 Å². The zero-order valence-corrected chi connectivity index (χ0v) is 16.2. The van der Waals surface area contributed by atoms with Crippen molar-refractivity contribution in [1.82, 2.24) is 24.6 Å². The van der Waals surface area contributed by atoms with Gasteiger partial charge in [0.25, 0.3) is 0 Å². The lowest BCUT2D eigenvalue weighted by Gasteiger charge is -2.33. The molecule has 2 aliphatic heterocycles. The Balaban J connectivity index is 1.48. The highest BCUT2D eigenvalue weighted by atomic mass is 16.3. The molecule has 0 radical (unpaired) electrons. The van der Waals surface area contributed by atoms with Gasteiger partial charge in [-0.2, -0.15) is 5.10 Å². The number of fused-ring (bicyclic) bond motifs is 1. The van der Waals surface area contributed by atoms with E-state index < -0.39 is 0 Å². The van der Waals surface area contributed by atoms with Gasteiger partial charge in [-0.25, -0.2) is 9.97 Å². The van der Waals surface area contributed by atoms with Crippen LogP contribution >= 0.6 is 0 Å². The summed E-state index contributed by atoms with van der Waals surface area (Å²) in [6.45, 7) is 3.70. The lowest BCUT2D eigenvalue weighted by molar-refractivity contribution is 0.0706. The van der Waals surface area contributed by atoms with Crippen LogP contribution < -0.4 is 4.90 Å². The fourth-order valence-corrected chi connectivity index (χ4v) is 5.18. The monoisotopic (exact) mass is 370 g/mol. The van der Waals surface area contributed by atoms with E-state index in [1.165, 1.54) is 44.9 Å². The van der Waals surface area contributed by atoms with E-state index in [9.17, 15) is 5.11 Å². The smallest absolute Gasteiger partial charge is 0.163 e. The van der Waals surface area contributed by atoms with Gasteiger partial charge in [-0.1, -0.05) is 19.3 Å². The van der Waals surface area contributed by atoms with Gasteiger partial charge >= 0.3 is 0 Å². The summed E-state index contributed by atoms with van der Waals surface area (Å²) in [6, 6.07) is 0.210. The molecule has 146 valence electrons. The number of aliphatic hydroxyl groups excluding tert-OH is 1. The van der Waals surface area contributed by atoms with Crippen molar-refractivity contribution in [3.05, 3.63) is 12.0 Å². The summed E-state index contributed by atoms with van der Waals surface area (Å²) < 4.78 is 1.85. The second-order valence-electron chi connectivity index (χ2n) is 8.53. The van der Waals surface area contributed by atoms with Gasteiger partial charge in [0.2, 0.25) is 0 Å².